The Kier molecular flexibility index (Phi) is 5.17. The minimum Gasteiger partial charge on any atom is -0.380 e. The highest BCUT2D eigenvalue weighted by Crippen LogP contribution is 2.48. The Bertz CT molecular complexity index is 801. The van der Waals surface area contributed by atoms with E-state index in [4.69, 9.17) is 4.74 Å². The summed E-state index contributed by atoms with van der Waals surface area (Å²) in [7, 11) is 4.01. The van der Waals surface area contributed by atoms with Gasteiger partial charge < -0.3 is 25.0 Å². The van der Waals surface area contributed by atoms with Crippen LogP contribution in [0.2, 0.25) is 0 Å². The minimum absolute atomic E-state index is 0.0292. The van der Waals surface area contributed by atoms with E-state index in [2.05, 4.69) is 10.2 Å². The van der Waals surface area contributed by atoms with Gasteiger partial charge in [0.05, 0.1) is 24.7 Å². The zero-order valence-corrected chi connectivity index (χ0v) is 17.5. The second kappa shape index (κ2) is 7.38. The second-order valence-corrected chi connectivity index (χ2v) is 9.23. The number of carbonyl (C=O) groups is 2. The number of carbonyl (C=O) groups excluding carboxylic acids is 2. The zero-order chi connectivity index (χ0) is 20.8. The lowest BCUT2D eigenvalue weighted by Crippen LogP contribution is -2.48. The van der Waals surface area contributed by atoms with Crippen LogP contribution in [0.1, 0.15) is 42.1 Å². The number of amides is 2. The summed E-state index contributed by atoms with van der Waals surface area (Å²) in [4.78, 5) is 30.0. The Morgan fingerprint density at radius 3 is 2.62 bits per heavy atom. The van der Waals surface area contributed by atoms with Crippen molar-refractivity contribution < 1.29 is 19.4 Å². The summed E-state index contributed by atoms with van der Waals surface area (Å²) in [6, 6.07) is 6.99. The fraction of sp³-hybridized carbons (Fsp3) is 0.636. The van der Waals surface area contributed by atoms with Crippen LogP contribution in [0.15, 0.2) is 24.3 Å². The molecule has 0 radical (unpaired) electrons. The number of nitrogens with zero attached hydrogens (tertiary/aromatic N) is 2. The highest BCUT2D eigenvalue weighted by atomic mass is 16.5. The SMILES string of the molecule is C[C@@H]1[C@H](NC(=O)c2cccc(C3(O)COC3)c2)CCN1C(=O)C1(CN(C)C)CC1. The van der Waals surface area contributed by atoms with Crippen LogP contribution in [0.3, 0.4) is 0 Å². The van der Waals surface area contributed by atoms with Crippen molar-refractivity contribution in [3.05, 3.63) is 35.4 Å². The molecule has 1 aromatic rings. The van der Waals surface area contributed by atoms with Crippen molar-refractivity contribution in [2.45, 2.75) is 43.9 Å². The highest BCUT2D eigenvalue weighted by molar-refractivity contribution is 5.95. The number of likely N-dealkylation sites (tertiary alicyclic amines) is 1. The molecule has 2 saturated heterocycles. The maximum Gasteiger partial charge on any atom is 0.251 e. The van der Waals surface area contributed by atoms with E-state index < -0.39 is 5.60 Å². The summed E-state index contributed by atoms with van der Waals surface area (Å²) in [5.41, 5.74) is -0.00527. The van der Waals surface area contributed by atoms with E-state index in [1.165, 1.54) is 0 Å². The number of aliphatic hydroxyl groups is 1. The molecule has 2 heterocycles. The van der Waals surface area contributed by atoms with Gasteiger partial charge in [0.25, 0.3) is 5.91 Å². The summed E-state index contributed by atoms with van der Waals surface area (Å²) in [6.07, 6.45) is 2.65. The monoisotopic (exact) mass is 401 g/mol. The molecule has 2 atom stereocenters. The van der Waals surface area contributed by atoms with E-state index in [-0.39, 0.29) is 42.5 Å². The second-order valence-electron chi connectivity index (χ2n) is 9.23. The summed E-state index contributed by atoms with van der Waals surface area (Å²) in [5, 5.41) is 13.6. The molecule has 0 spiro atoms. The number of rotatable bonds is 6. The lowest BCUT2D eigenvalue weighted by molar-refractivity contribution is -0.184. The van der Waals surface area contributed by atoms with E-state index in [1.807, 2.05) is 32.0 Å². The van der Waals surface area contributed by atoms with Gasteiger partial charge >= 0.3 is 0 Å². The number of ether oxygens (including phenoxy) is 1. The Morgan fingerprint density at radius 1 is 1.31 bits per heavy atom. The molecule has 2 amide bonds. The number of benzene rings is 1. The van der Waals surface area contributed by atoms with Crippen molar-refractivity contribution >= 4 is 11.8 Å². The molecule has 29 heavy (non-hydrogen) atoms. The van der Waals surface area contributed by atoms with E-state index in [0.717, 1.165) is 25.8 Å². The molecular formula is C22H31N3O4. The molecule has 2 aliphatic heterocycles. The first-order valence-electron chi connectivity index (χ1n) is 10.4. The van der Waals surface area contributed by atoms with E-state index >= 15 is 0 Å². The summed E-state index contributed by atoms with van der Waals surface area (Å²) in [6.45, 7) is 3.99. The molecule has 1 saturated carbocycles. The summed E-state index contributed by atoms with van der Waals surface area (Å²) in [5.74, 6) is 0.0564. The van der Waals surface area contributed by atoms with Crippen molar-refractivity contribution in [2.24, 2.45) is 5.41 Å². The maximum atomic E-state index is 13.1. The highest BCUT2D eigenvalue weighted by Gasteiger charge is 2.53. The van der Waals surface area contributed by atoms with Crippen LogP contribution in [0.4, 0.5) is 0 Å². The number of hydrogen-bond donors (Lipinski definition) is 2. The maximum absolute atomic E-state index is 13.1. The average molecular weight is 402 g/mol. The largest absolute Gasteiger partial charge is 0.380 e. The van der Waals surface area contributed by atoms with Gasteiger partial charge in [-0.1, -0.05) is 12.1 Å². The fourth-order valence-electron chi connectivity index (χ4n) is 4.58. The van der Waals surface area contributed by atoms with Crippen molar-refractivity contribution in [1.82, 2.24) is 15.1 Å². The normalized spacial score (nSPS) is 26.9. The van der Waals surface area contributed by atoms with Crippen LogP contribution in [0.5, 0.6) is 0 Å². The first-order valence-corrected chi connectivity index (χ1v) is 10.4. The smallest absolute Gasteiger partial charge is 0.251 e. The molecule has 0 unspecified atom stereocenters. The van der Waals surface area contributed by atoms with E-state index in [1.54, 1.807) is 18.2 Å². The molecule has 2 N–H and O–H groups in total. The van der Waals surface area contributed by atoms with Crippen LogP contribution >= 0.6 is 0 Å². The zero-order valence-electron chi connectivity index (χ0n) is 17.5. The van der Waals surface area contributed by atoms with Crippen LogP contribution in [0, 0.1) is 5.41 Å². The van der Waals surface area contributed by atoms with Gasteiger partial charge in [0.2, 0.25) is 5.91 Å². The summed E-state index contributed by atoms with van der Waals surface area (Å²) < 4.78 is 5.11. The van der Waals surface area contributed by atoms with Crippen LogP contribution < -0.4 is 5.32 Å². The molecule has 3 aliphatic rings. The third kappa shape index (κ3) is 3.79. The molecule has 0 aromatic heterocycles. The minimum atomic E-state index is -0.995. The molecule has 1 aliphatic carbocycles. The lowest BCUT2D eigenvalue weighted by atomic mass is 9.91. The Balaban J connectivity index is 1.40. The topological polar surface area (TPSA) is 82.1 Å². The lowest BCUT2D eigenvalue weighted by Gasteiger charge is -2.36. The Hall–Kier alpha value is -1.96. The predicted octanol–water partition coefficient (Wildman–Crippen LogP) is 0.965. The standard InChI is InChI=1S/C22H31N3O4/c1-15-18(7-10-25(15)20(27)21(8-9-21)12-24(2)3)23-19(26)16-5-4-6-17(11-16)22(28)13-29-14-22/h4-6,11,15,18,28H,7-10,12-14H2,1-3H3,(H,23,26)/t15-,18-/m1/s1. The first-order chi connectivity index (χ1) is 13.7. The van der Waals surface area contributed by atoms with Gasteiger partial charge in [-0.25, -0.2) is 0 Å². The molecule has 0 bridgehead atoms. The van der Waals surface area contributed by atoms with Gasteiger partial charge in [-0.15, -0.1) is 0 Å². The van der Waals surface area contributed by atoms with Gasteiger partial charge in [-0.2, -0.15) is 0 Å². The fourth-order valence-corrected chi connectivity index (χ4v) is 4.58. The third-order valence-electron chi connectivity index (χ3n) is 6.60. The van der Waals surface area contributed by atoms with Gasteiger partial charge in [0, 0.05) is 24.7 Å². The number of nitrogens with one attached hydrogen (secondary N) is 1. The molecule has 4 rings (SSSR count). The molecule has 7 nitrogen and oxygen atoms in total. The van der Waals surface area contributed by atoms with Gasteiger partial charge in [-0.3, -0.25) is 9.59 Å². The van der Waals surface area contributed by atoms with Crippen LogP contribution in [0.25, 0.3) is 0 Å². The van der Waals surface area contributed by atoms with Gasteiger partial charge in [0.15, 0.2) is 0 Å². The molecule has 1 aromatic carbocycles. The van der Waals surface area contributed by atoms with Crippen molar-refractivity contribution in [3.63, 3.8) is 0 Å². The van der Waals surface area contributed by atoms with Crippen molar-refractivity contribution in [3.8, 4) is 0 Å². The molecule has 7 heteroatoms. The van der Waals surface area contributed by atoms with Crippen LogP contribution in [-0.4, -0.2) is 79.2 Å². The van der Waals surface area contributed by atoms with E-state index in [9.17, 15) is 14.7 Å². The Labute approximate surface area is 172 Å². The quantitative estimate of drug-likeness (QED) is 0.742. The number of hydrogen-bond acceptors (Lipinski definition) is 5. The molecule has 3 fully saturated rings. The first kappa shape index (κ1) is 20.3. The summed E-state index contributed by atoms with van der Waals surface area (Å²) >= 11 is 0. The van der Waals surface area contributed by atoms with Crippen LogP contribution in [-0.2, 0) is 15.1 Å². The Morgan fingerprint density at radius 2 is 2.03 bits per heavy atom. The van der Waals surface area contributed by atoms with E-state index in [0.29, 0.717) is 17.7 Å². The third-order valence-corrected chi connectivity index (χ3v) is 6.60. The van der Waals surface area contributed by atoms with Crippen molar-refractivity contribution in [1.29, 1.82) is 0 Å². The van der Waals surface area contributed by atoms with Gasteiger partial charge in [0.1, 0.15) is 5.60 Å². The van der Waals surface area contributed by atoms with Gasteiger partial charge in [-0.05, 0) is 58.0 Å². The molecular weight excluding hydrogens is 370 g/mol. The predicted molar refractivity (Wildman–Crippen MR) is 108 cm³/mol. The van der Waals surface area contributed by atoms with Crippen molar-refractivity contribution in [2.75, 3.05) is 40.4 Å². The molecule has 158 valence electrons. The average Bonchev–Trinajstić information content (AvgIpc) is 3.36.